The Morgan fingerprint density at radius 3 is 2.05 bits per heavy atom. The van der Waals surface area contributed by atoms with Crippen LogP contribution < -0.4 is 24.1 Å². The molecule has 13 heteroatoms. The van der Waals surface area contributed by atoms with Crippen molar-refractivity contribution in [3.63, 3.8) is 0 Å². The Balaban J connectivity index is 1.35. The van der Waals surface area contributed by atoms with Gasteiger partial charge in [-0.25, -0.2) is 5.43 Å². The van der Waals surface area contributed by atoms with Crippen molar-refractivity contribution >= 4 is 50.1 Å². The topological polar surface area (TPSA) is 122 Å². The molecule has 2 aromatic carbocycles. The standard InChI is InChI=1S/C28H34BrN7O4S/c1-20-9-11-22(12-10-20)41(37,38)40-25-23(29)17-21(18-24(25)39-2)19-30-34-26-31-27(35-13-5-3-6-14-35)33-28(32-26)36-15-7-4-8-16-36/h9-12,17-19H,3-8,13-16H2,1-2H3,(H,31,32,33,34)/b30-19+. The third kappa shape index (κ3) is 7.25. The lowest BCUT2D eigenvalue weighted by Crippen LogP contribution is -2.34. The first-order chi connectivity index (χ1) is 19.8. The first kappa shape index (κ1) is 29.1. The summed E-state index contributed by atoms with van der Waals surface area (Å²) in [6.45, 7) is 5.58. The molecule has 0 unspecified atom stereocenters. The number of hydrazone groups is 1. The van der Waals surface area contributed by atoms with Gasteiger partial charge in [-0.05, 0) is 91.2 Å². The minimum Gasteiger partial charge on any atom is -0.493 e. The van der Waals surface area contributed by atoms with Crippen molar-refractivity contribution < 1.29 is 17.3 Å². The maximum absolute atomic E-state index is 12.9. The number of piperidine rings is 2. The lowest BCUT2D eigenvalue weighted by molar-refractivity contribution is 0.389. The van der Waals surface area contributed by atoms with Gasteiger partial charge >= 0.3 is 10.1 Å². The van der Waals surface area contributed by atoms with E-state index >= 15 is 0 Å². The highest BCUT2D eigenvalue weighted by molar-refractivity contribution is 9.10. The van der Waals surface area contributed by atoms with Gasteiger partial charge in [0, 0.05) is 26.2 Å². The molecule has 0 atom stereocenters. The van der Waals surface area contributed by atoms with E-state index in [4.69, 9.17) is 13.9 Å². The molecular weight excluding hydrogens is 610 g/mol. The van der Waals surface area contributed by atoms with Crippen LogP contribution in [0.4, 0.5) is 17.8 Å². The van der Waals surface area contributed by atoms with Crippen molar-refractivity contribution in [2.45, 2.75) is 50.3 Å². The SMILES string of the molecule is COc1cc(/C=N/Nc2nc(N3CCCCC3)nc(N3CCCCC3)n2)cc(Br)c1OS(=O)(=O)c1ccc(C)cc1. The number of halogens is 1. The zero-order valence-corrected chi connectivity index (χ0v) is 25.6. The largest absolute Gasteiger partial charge is 0.493 e. The number of hydrogen-bond donors (Lipinski definition) is 1. The van der Waals surface area contributed by atoms with Crippen molar-refractivity contribution in [1.82, 2.24) is 15.0 Å². The van der Waals surface area contributed by atoms with Gasteiger partial charge in [0.05, 0.1) is 17.8 Å². The number of aryl methyl sites for hydroxylation is 1. The van der Waals surface area contributed by atoms with Gasteiger partial charge in [0.25, 0.3) is 0 Å². The quantitative estimate of drug-likeness (QED) is 0.190. The van der Waals surface area contributed by atoms with E-state index in [-0.39, 0.29) is 16.4 Å². The number of aromatic nitrogens is 3. The average Bonchev–Trinajstić information content (AvgIpc) is 2.99. The van der Waals surface area contributed by atoms with E-state index in [1.165, 1.54) is 32.1 Å². The Bertz CT molecular complexity index is 1450. The second-order valence-corrected chi connectivity index (χ2v) is 12.5. The van der Waals surface area contributed by atoms with Crippen LogP contribution in [0.5, 0.6) is 11.5 Å². The maximum Gasteiger partial charge on any atom is 0.339 e. The third-order valence-electron chi connectivity index (χ3n) is 7.02. The molecule has 0 aliphatic carbocycles. The summed E-state index contributed by atoms with van der Waals surface area (Å²) in [5.74, 6) is 1.98. The van der Waals surface area contributed by atoms with Crippen molar-refractivity contribution in [3.05, 3.63) is 52.0 Å². The molecule has 2 aliphatic rings. The Kier molecular flexibility index (Phi) is 9.23. The van der Waals surface area contributed by atoms with Gasteiger partial charge in [-0.2, -0.15) is 28.5 Å². The summed E-state index contributed by atoms with van der Waals surface area (Å²) in [4.78, 5) is 18.6. The number of hydrogen-bond acceptors (Lipinski definition) is 11. The molecule has 0 radical (unpaired) electrons. The Hall–Kier alpha value is -3.45. The molecule has 2 aliphatic heterocycles. The van der Waals surface area contributed by atoms with E-state index in [1.807, 2.05) is 6.92 Å². The molecular formula is C28H34BrN7O4S. The van der Waals surface area contributed by atoms with Crippen molar-refractivity contribution in [1.29, 1.82) is 0 Å². The highest BCUT2D eigenvalue weighted by atomic mass is 79.9. The van der Waals surface area contributed by atoms with Crippen LogP contribution in [0.25, 0.3) is 0 Å². The normalized spacial score (nSPS) is 16.2. The number of nitrogens with zero attached hydrogens (tertiary/aromatic N) is 6. The number of rotatable bonds is 9. The van der Waals surface area contributed by atoms with E-state index in [2.05, 4.69) is 46.2 Å². The lowest BCUT2D eigenvalue weighted by atomic mass is 10.1. The summed E-state index contributed by atoms with van der Waals surface area (Å²) in [5.41, 5.74) is 4.55. The maximum atomic E-state index is 12.9. The molecule has 2 saturated heterocycles. The molecule has 3 aromatic rings. The zero-order chi connectivity index (χ0) is 28.8. The van der Waals surface area contributed by atoms with E-state index < -0.39 is 10.1 Å². The van der Waals surface area contributed by atoms with Crippen molar-refractivity contribution in [2.24, 2.45) is 5.10 Å². The Morgan fingerprint density at radius 1 is 0.902 bits per heavy atom. The van der Waals surface area contributed by atoms with Crippen LogP contribution >= 0.6 is 15.9 Å². The number of nitrogens with one attached hydrogen (secondary N) is 1. The smallest absolute Gasteiger partial charge is 0.339 e. The monoisotopic (exact) mass is 643 g/mol. The van der Waals surface area contributed by atoms with Crippen molar-refractivity contribution in [3.8, 4) is 11.5 Å². The fourth-order valence-corrected chi connectivity index (χ4v) is 6.40. The summed E-state index contributed by atoms with van der Waals surface area (Å²) < 4.78 is 37.0. The lowest BCUT2D eigenvalue weighted by Gasteiger charge is -2.30. The van der Waals surface area contributed by atoms with E-state index in [0.29, 0.717) is 27.9 Å². The fourth-order valence-electron chi connectivity index (χ4n) is 4.80. The molecule has 0 bridgehead atoms. The van der Waals surface area contributed by atoms with Gasteiger partial charge in [-0.15, -0.1) is 0 Å². The van der Waals surface area contributed by atoms with Crippen LogP contribution in [0.15, 0.2) is 50.9 Å². The van der Waals surface area contributed by atoms with E-state index in [1.54, 1.807) is 30.5 Å². The molecule has 5 rings (SSSR count). The summed E-state index contributed by atoms with van der Waals surface area (Å²) >= 11 is 3.42. The zero-order valence-electron chi connectivity index (χ0n) is 23.2. The third-order valence-corrected chi connectivity index (χ3v) is 8.85. The molecule has 0 spiro atoms. The summed E-state index contributed by atoms with van der Waals surface area (Å²) in [7, 11) is -2.62. The summed E-state index contributed by atoms with van der Waals surface area (Å²) in [6.07, 6.45) is 8.50. The minimum atomic E-state index is -4.06. The summed E-state index contributed by atoms with van der Waals surface area (Å²) in [6, 6.07) is 9.78. The molecule has 218 valence electrons. The van der Waals surface area contributed by atoms with Gasteiger partial charge in [0.1, 0.15) is 4.90 Å². The van der Waals surface area contributed by atoms with E-state index in [9.17, 15) is 8.42 Å². The molecule has 3 heterocycles. The molecule has 2 fully saturated rings. The molecule has 0 saturated carbocycles. The predicted octanol–water partition coefficient (Wildman–Crippen LogP) is 5.15. The van der Waals surface area contributed by atoms with Crippen LogP contribution in [0.2, 0.25) is 0 Å². The highest BCUT2D eigenvalue weighted by Gasteiger charge is 2.23. The summed E-state index contributed by atoms with van der Waals surface area (Å²) in [5, 5.41) is 4.36. The van der Waals surface area contributed by atoms with Gasteiger partial charge < -0.3 is 18.7 Å². The first-order valence-corrected chi connectivity index (χ1v) is 16.0. The van der Waals surface area contributed by atoms with Gasteiger partial charge in [-0.1, -0.05) is 17.7 Å². The minimum absolute atomic E-state index is 0.0491. The predicted molar refractivity (Wildman–Crippen MR) is 163 cm³/mol. The molecule has 1 aromatic heterocycles. The Morgan fingerprint density at radius 2 is 1.49 bits per heavy atom. The number of methoxy groups -OCH3 is 1. The Labute approximate surface area is 249 Å². The molecule has 1 N–H and O–H groups in total. The molecule has 0 amide bonds. The van der Waals surface area contributed by atoms with Crippen molar-refractivity contribution in [2.75, 3.05) is 48.5 Å². The number of ether oxygens (including phenoxy) is 1. The van der Waals surface area contributed by atoms with Crippen LogP contribution in [-0.2, 0) is 10.1 Å². The van der Waals surface area contributed by atoms with E-state index in [0.717, 1.165) is 57.4 Å². The second kappa shape index (κ2) is 13.0. The molecule has 41 heavy (non-hydrogen) atoms. The fraction of sp³-hybridized carbons (Fsp3) is 0.429. The van der Waals surface area contributed by atoms with Crippen LogP contribution in [0.1, 0.15) is 49.7 Å². The van der Waals surface area contributed by atoms with Gasteiger partial charge in [0.15, 0.2) is 11.5 Å². The van der Waals surface area contributed by atoms with Gasteiger partial charge in [-0.3, -0.25) is 0 Å². The highest BCUT2D eigenvalue weighted by Crippen LogP contribution is 2.38. The number of anilines is 3. The molecule has 11 nitrogen and oxygen atoms in total. The van der Waals surface area contributed by atoms with Gasteiger partial charge in [0.2, 0.25) is 17.8 Å². The number of benzene rings is 2. The average molecular weight is 645 g/mol. The van der Waals surface area contributed by atoms with Crippen LogP contribution in [0.3, 0.4) is 0 Å². The second-order valence-electron chi connectivity index (χ2n) is 10.1. The van der Waals surface area contributed by atoms with Crippen LogP contribution in [0, 0.1) is 6.92 Å². The van der Waals surface area contributed by atoms with Crippen LogP contribution in [-0.4, -0.2) is 62.9 Å². The first-order valence-electron chi connectivity index (χ1n) is 13.8.